The minimum absolute atomic E-state index is 0.119. The number of likely N-dealkylation sites (tertiary alicyclic amines) is 1. The van der Waals surface area contributed by atoms with Gasteiger partial charge in [-0.2, -0.15) is 5.10 Å². The molecule has 1 aliphatic rings. The number of nitrogens with zero attached hydrogens (tertiary/aromatic N) is 6. The number of nitrogens with two attached hydrogens (primary N) is 1. The van der Waals surface area contributed by atoms with E-state index >= 15 is 0 Å². The lowest BCUT2D eigenvalue weighted by Gasteiger charge is -2.17. The second-order valence-electron chi connectivity index (χ2n) is 10.8. The van der Waals surface area contributed by atoms with E-state index in [9.17, 15) is 8.78 Å². The third-order valence-electron chi connectivity index (χ3n) is 7.15. The number of allylic oxidation sites excluding steroid dienone is 3. The number of pyridine rings is 2. The van der Waals surface area contributed by atoms with Crippen molar-refractivity contribution in [2.24, 2.45) is 5.73 Å². The third kappa shape index (κ3) is 5.40. The largest absolute Gasteiger partial charge is 0.404 e. The fourth-order valence-corrected chi connectivity index (χ4v) is 5.31. The SMILES string of the molecule is CC(C)=C/C(=C\C(=C/N)c1cnc2n[nH]c(-c3cc4c(-n5cnc(C)c5)nccc4[nH]3)c2c1)CN1CCC(F)(F)C1. The van der Waals surface area contributed by atoms with E-state index in [4.69, 9.17) is 5.73 Å². The van der Waals surface area contributed by atoms with Crippen molar-refractivity contribution in [1.29, 1.82) is 0 Å². The minimum Gasteiger partial charge on any atom is -0.404 e. The molecule has 5 aromatic rings. The number of H-pyrrole nitrogens is 2. The second kappa shape index (κ2) is 10.4. The minimum atomic E-state index is -2.65. The van der Waals surface area contributed by atoms with Crippen LogP contribution in [0, 0.1) is 6.92 Å². The van der Waals surface area contributed by atoms with Gasteiger partial charge in [-0.05, 0) is 56.2 Å². The Kier molecular flexibility index (Phi) is 6.74. The summed E-state index contributed by atoms with van der Waals surface area (Å²) < 4.78 is 29.6. The van der Waals surface area contributed by atoms with Crippen molar-refractivity contribution >= 4 is 27.5 Å². The zero-order valence-corrected chi connectivity index (χ0v) is 23.1. The number of hydrogen-bond acceptors (Lipinski definition) is 6. The van der Waals surface area contributed by atoms with Crippen molar-refractivity contribution in [3.05, 3.63) is 83.9 Å². The summed E-state index contributed by atoms with van der Waals surface area (Å²) in [6.45, 7) is 6.44. The van der Waals surface area contributed by atoms with Crippen LogP contribution in [0.3, 0.4) is 0 Å². The molecule has 0 bridgehead atoms. The number of imidazole rings is 1. The molecule has 210 valence electrons. The van der Waals surface area contributed by atoms with Crippen LogP contribution in [-0.2, 0) is 0 Å². The van der Waals surface area contributed by atoms with Crippen LogP contribution in [0.2, 0.25) is 0 Å². The molecule has 6 rings (SSSR count). The Morgan fingerprint density at radius 2 is 2.00 bits per heavy atom. The summed E-state index contributed by atoms with van der Waals surface area (Å²) in [6, 6.07) is 5.95. The molecular formula is C30H31F2N9. The Labute approximate surface area is 235 Å². The Morgan fingerprint density at radius 3 is 2.71 bits per heavy atom. The van der Waals surface area contributed by atoms with Crippen molar-refractivity contribution in [2.75, 3.05) is 19.6 Å². The van der Waals surface area contributed by atoms with Gasteiger partial charge in [0.2, 0.25) is 0 Å². The number of fused-ring (bicyclic) bond motifs is 2. The Bertz CT molecular complexity index is 1830. The molecule has 9 nitrogen and oxygen atoms in total. The molecule has 6 heterocycles. The fourth-order valence-electron chi connectivity index (χ4n) is 5.31. The highest BCUT2D eigenvalue weighted by Crippen LogP contribution is 2.32. The molecule has 41 heavy (non-hydrogen) atoms. The van der Waals surface area contributed by atoms with Crippen molar-refractivity contribution in [3.63, 3.8) is 0 Å². The summed E-state index contributed by atoms with van der Waals surface area (Å²) in [6.07, 6.45) is 12.5. The number of aryl methyl sites for hydroxylation is 1. The number of aromatic amines is 2. The highest BCUT2D eigenvalue weighted by atomic mass is 19.3. The zero-order chi connectivity index (χ0) is 28.7. The van der Waals surface area contributed by atoms with E-state index in [1.807, 2.05) is 61.9 Å². The van der Waals surface area contributed by atoms with Gasteiger partial charge >= 0.3 is 0 Å². The van der Waals surface area contributed by atoms with Gasteiger partial charge in [-0.15, -0.1) is 0 Å². The average Bonchev–Trinajstić information content (AvgIpc) is 3.71. The van der Waals surface area contributed by atoms with E-state index in [0.717, 1.165) is 61.5 Å². The van der Waals surface area contributed by atoms with Crippen LogP contribution in [0.4, 0.5) is 8.78 Å². The summed E-state index contributed by atoms with van der Waals surface area (Å²) in [7, 11) is 0. The molecule has 0 radical (unpaired) electrons. The van der Waals surface area contributed by atoms with Crippen LogP contribution in [0.5, 0.6) is 0 Å². The first-order chi connectivity index (χ1) is 19.7. The Hall–Kier alpha value is -4.64. The third-order valence-corrected chi connectivity index (χ3v) is 7.15. The quantitative estimate of drug-likeness (QED) is 0.227. The summed E-state index contributed by atoms with van der Waals surface area (Å²) in [5, 5.41) is 9.30. The lowest BCUT2D eigenvalue weighted by atomic mass is 10.0. The molecule has 1 aliphatic heterocycles. The van der Waals surface area contributed by atoms with Crippen LogP contribution >= 0.6 is 0 Å². The fraction of sp³-hybridized carbons (Fsp3) is 0.267. The van der Waals surface area contributed by atoms with Gasteiger partial charge in [0.25, 0.3) is 5.92 Å². The first-order valence-corrected chi connectivity index (χ1v) is 13.4. The van der Waals surface area contributed by atoms with Gasteiger partial charge < -0.3 is 10.7 Å². The number of alkyl halides is 2. The van der Waals surface area contributed by atoms with Crippen molar-refractivity contribution in [1.82, 2.24) is 39.6 Å². The monoisotopic (exact) mass is 555 g/mol. The van der Waals surface area contributed by atoms with Crippen molar-refractivity contribution in [2.45, 2.75) is 33.1 Å². The molecular weight excluding hydrogens is 524 g/mol. The Balaban J connectivity index is 1.37. The number of halogens is 2. The molecule has 5 aromatic heterocycles. The van der Waals surface area contributed by atoms with Crippen molar-refractivity contribution in [3.8, 4) is 17.2 Å². The van der Waals surface area contributed by atoms with Gasteiger partial charge in [0.05, 0.1) is 29.1 Å². The van der Waals surface area contributed by atoms with Crippen LogP contribution < -0.4 is 5.73 Å². The number of rotatable bonds is 7. The maximum atomic E-state index is 13.8. The average molecular weight is 556 g/mol. The first-order valence-electron chi connectivity index (χ1n) is 13.4. The summed E-state index contributed by atoms with van der Waals surface area (Å²) in [5.41, 5.74) is 13.6. The molecule has 0 amide bonds. The highest BCUT2D eigenvalue weighted by molar-refractivity contribution is 5.97. The van der Waals surface area contributed by atoms with Crippen molar-refractivity contribution < 1.29 is 8.78 Å². The molecule has 0 spiro atoms. The molecule has 1 saturated heterocycles. The topological polar surface area (TPSA) is 117 Å². The Morgan fingerprint density at radius 1 is 1.15 bits per heavy atom. The zero-order valence-electron chi connectivity index (χ0n) is 23.1. The highest BCUT2D eigenvalue weighted by Gasteiger charge is 2.38. The van der Waals surface area contributed by atoms with Crippen LogP contribution in [0.15, 0.2) is 72.6 Å². The van der Waals surface area contributed by atoms with E-state index in [0.29, 0.717) is 18.7 Å². The summed E-state index contributed by atoms with van der Waals surface area (Å²) >= 11 is 0. The molecule has 0 atom stereocenters. The van der Waals surface area contributed by atoms with Gasteiger partial charge in [-0.1, -0.05) is 11.6 Å². The smallest absolute Gasteiger partial charge is 0.261 e. The molecule has 0 aliphatic carbocycles. The molecule has 1 fully saturated rings. The predicted octanol–water partition coefficient (Wildman–Crippen LogP) is 5.53. The van der Waals surface area contributed by atoms with Crippen LogP contribution in [0.25, 0.3) is 44.7 Å². The van der Waals surface area contributed by atoms with Gasteiger partial charge in [-0.25, -0.2) is 23.7 Å². The van der Waals surface area contributed by atoms with E-state index in [1.165, 1.54) is 6.20 Å². The predicted molar refractivity (Wildman–Crippen MR) is 157 cm³/mol. The molecule has 4 N–H and O–H groups in total. The molecule has 11 heteroatoms. The van der Waals surface area contributed by atoms with E-state index in [1.54, 1.807) is 23.6 Å². The maximum Gasteiger partial charge on any atom is 0.261 e. The maximum absolute atomic E-state index is 13.8. The van der Waals surface area contributed by atoms with Gasteiger partial charge in [0.15, 0.2) is 5.65 Å². The van der Waals surface area contributed by atoms with Crippen LogP contribution in [-0.4, -0.2) is 65.2 Å². The standard InChI is InChI=1S/C30H31F2N9/c1-18(2)8-20(15-40-7-5-30(31,32)16-40)9-21(12-33)22-10-24-27(38-39-28(24)35-13-22)26-11-23-25(37-26)4-6-34-29(23)41-14-19(3)36-17-41/h4,6,8-14,17,37H,5,7,15-16,33H2,1-3H3,(H,35,38,39)/b20-9+,21-12+. The summed E-state index contributed by atoms with van der Waals surface area (Å²) in [5.74, 6) is -1.87. The molecule has 0 aromatic carbocycles. The van der Waals surface area contributed by atoms with Crippen LogP contribution in [0.1, 0.15) is 31.5 Å². The number of hydrogen-bond donors (Lipinski definition) is 3. The molecule has 0 unspecified atom stereocenters. The first kappa shape index (κ1) is 26.6. The molecule has 0 saturated carbocycles. The second-order valence-corrected chi connectivity index (χ2v) is 10.8. The van der Waals surface area contributed by atoms with E-state index in [-0.39, 0.29) is 13.0 Å². The number of nitrogens with one attached hydrogen (secondary N) is 2. The van der Waals surface area contributed by atoms with E-state index in [2.05, 4.69) is 30.1 Å². The van der Waals surface area contributed by atoms with Gasteiger partial charge in [-0.3, -0.25) is 14.6 Å². The van der Waals surface area contributed by atoms with Gasteiger partial charge in [0, 0.05) is 60.6 Å². The normalized spacial score (nSPS) is 16.2. The van der Waals surface area contributed by atoms with Gasteiger partial charge in [0.1, 0.15) is 12.1 Å². The lowest BCUT2D eigenvalue weighted by molar-refractivity contribution is 0.0131. The van der Waals surface area contributed by atoms with E-state index < -0.39 is 5.92 Å². The number of aromatic nitrogens is 7. The summed E-state index contributed by atoms with van der Waals surface area (Å²) in [4.78, 5) is 18.7. The lowest BCUT2D eigenvalue weighted by Crippen LogP contribution is -2.27.